The van der Waals surface area contributed by atoms with Gasteiger partial charge in [-0.1, -0.05) is 18.2 Å². The summed E-state index contributed by atoms with van der Waals surface area (Å²) < 4.78 is 7.74. The number of likely N-dealkylation sites (tertiary alicyclic amines) is 1. The molecule has 1 aliphatic heterocycles. The van der Waals surface area contributed by atoms with Gasteiger partial charge in [-0.15, -0.1) is 0 Å². The summed E-state index contributed by atoms with van der Waals surface area (Å²) in [5.74, 6) is 1.52. The molecule has 2 aliphatic rings. The third-order valence-electron chi connectivity index (χ3n) is 6.69. The molecule has 3 aromatic heterocycles. The molecule has 0 radical (unpaired) electrons. The molecule has 1 aliphatic carbocycles. The summed E-state index contributed by atoms with van der Waals surface area (Å²) >= 11 is 0. The molecule has 8 heteroatoms. The van der Waals surface area contributed by atoms with Crippen molar-refractivity contribution >= 4 is 16.9 Å². The van der Waals surface area contributed by atoms with E-state index in [1.807, 2.05) is 41.3 Å². The summed E-state index contributed by atoms with van der Waals surface area (Å²) in [4.78, 5) is 26.8. The smallest absolute Gasteiger partial charge is 0.257 e. The first kappa shape index (κ1) is 20.1. The number of benzene rings is 1. The quantitative estimate of drug-likeness (QED) is 0.469. The van der Waals surface area contributed by atoms with E-state index in [0.29, 0.717) is 34.9 Å². The summed E-state index contributed by atoms with van der Waals surface area (Å²) in [6.07, 6.45) is 6.50. The lowest BCUT2D eigenvalue weighted by Crippen LogP contribution is -2.34. The molecule has 33 heavy (non-hydrogen) atoms. The molecular formula is C25H26N6O2. The highest BCUT2D eigenvalue weighted by atomic mass is 16.3. The highest BCUT2D eigenvalue weighted by molar-refractivity contribution is 5.95. The van der Waals surface area contributed by atoms with Gasteiger partial charge in [-0.3, -0.25) is 4.79 Å². The maximum atomic E-state index is 13.4. The van der Waals surface area contributed by atoms with E-state index in [9.17, 15) is 4.79 Å². The summed E-state index contributed by atoms with van der Waals surface area (Å²) in [6, 6.07) is 12.1. The number of furan rings is 1. The minimum atomic E-state index is 0.0564. The SMILES string of the molecule is CN(C)[C@H]1CCN(C(=O)c2cnn(-c3nccc(-c4cc5ccccc5o4)n3)c2C2CC2)C1. The van der Waals surface area contributed by atoms with Gasteiger partial charge >= 0.3 is 0 Å². The van der Waals surface area contributed by atoms with E-state index in [1.165, 1.54) is 0 Å². The van der Waals surface area contributed by atoms with Gasteiger partial charge in [-0.2, -0.15) is 5.10 Å². The van der Waals surface area contributed by atoms with E-state index < -0.39 is 0 Å². The van der Waals surface area contributed by atoms with Crippen LogP contribution in [0.5, 0.6) is 0 Å². The van der Waals surface area contributed by atoms with Crippen LogP contribution in [-0.4, -0.2) is 68.7 Å². The van der Waals surface area contributed by atoms with Crippen molar-refractivity contribution in [3.8, 4) is 17.4 Å². The first-order valence-corrected chi connectivity index (χ1v) is 11.4. The first-order valence-electron chi connectivity index (χ1n) is 11.4. The third-order valence-corrected chi connectivity index (χ3v) is 6.69. The molecule has 0 unspecified atom stereocenters. The Morgan fingerprint density at radius 3 is 2.76 bits per heavy atom. The number of aromatic nitrogens is 4. The maximum Gasteiger partial charge on any atom is 0.257 e. The summed E-state index contributed by atoms with van der Waals surface area (Å²) in [5, 5.41) is 5.60. The minimum absolute atomic E-state index is 0.0564. The Hall–Kier alpha value is -3.52. The fraction of sp³-hybridized carbons (Fsp3) is 0.360. The lowest BCUT2D eigenvalue weighted by Gasteiger charge is -2.20. The van der Waals surface area contributed by atoms with Gasteiger partial charge < -0.3 is 14.2 Å². The number of likely N-dealkylation sites (N-methyl/N-ethyl adjacent to an activating group) is 1. The molecule has 1 saturated heterocycles. The van der Waals surface area contributed by atoms with Crippen LogP contribution in [-0.2, 0) is 0 Å². The second-order valence-electron chi connectivity index (χ2n) is 9.18. The fourth-order valence-corrected chi connectivity index (χ4v) is 4.65. The Bertz CT molecular complexity index is 1300. The summed E-state index contributed by atoms with van der Waals surface area (Å²) in [5.41, 5.74) is 3.11. The second kappa shape index (κ2) is 7.81. The Morgan fingerprint density at radius 1 is 1.15 bits per heavy atom. The van der Waals surface area contributed by atoms with Crippen LogP contribution in [0.15, 0.2) is 53.2 Å². The van der Waals surface area contributed by atoms with Gasteiger partial charge in [0.05, 0.1) is 17.5 Å². The lowest BCUT2D eigenvalue weighted by molar-refractivity contribution is 0.0782. The van der Waals surface area contributed by atoms with E-state index in [1.54, 1.807) is 17.1 Å². The molecule has 1 atom stereocenters. The summed E-state index contributed by atoms with van der Waals surface area (Å²) in [7, 11) is 4.14. The number of para-hydroxylation sites is 1. The monoisotopic (exact) mass is 442 g/mol. The van der Waals surface area contributed by atoms with Gasteiger partial charge in [-0.25, -0.2) is 14.6 Å². The average molecular weight is 443 g/mol. The average Bonchev–Trinajstić information content (AvgIpc) is 3.25. The topological polar surface area (TPSA) is 80.3 Å². The Balaban J connectivity index is 1.35. The van der Waals surface area contributed by atoms with Gasteiger partial charge in [-0.05, 0) is 51.6 Å². The highest BCUT2D eigenvalue weighted by Crippen LogP contribution is 2.42. The maximum absolute atomic E-state index is 13.4. The van der Waals surface area contributed by atoms with E-state index in [-0.39, 0.29) is 5.91 Å². The van der Waals surface area contributed by atoms with Crippen molar-refractivity contribution in [1.29, 1.82) is 0 Å². The van der Waals surface area contributed by atoms with Crippen LogP contribution in [0.4, 0.5) is 0 Å². The molecule has 1 aromatic carbocycles. The van der Waals surface area contributed by atoms with Crippen molar-refractivity contribution in [2.24, 2.45) is 0 Å². The minimum Gasteiger partial charge on any atom is -0.454 e. The molecule has 8 nitrogen and oxygen atoms in total. The predicted octanol–water partition coefficient (Wildman–Crippen LogP) is 3.73. The van der Waals surface area contributed by atoms with Crippen molar-refractivity contribution in [3.05, 3.63) is 60.0 Å². The highest BCUT2D eigenvalue weighted by Gasteiger charge is 2.36. The number of nitrogens with zero attached hydrogens (tertiary/aromatic N) is 6. The first-order chi connectivity index (χ1) is 16.1. The van der Waals surface area contributed by atoms with Crippen LogP contribution >= 0.6 is 0 Å². The largest absolute Gasteiger partial charge is 0.454 e. The van der Waals surface area contributed by atoms with Gasteiger partial charge in [0, 0.05) is 36.6 Å². The van der Waals surface area contributed by atoms with Crippen LogP contribution in [0, 0.1) is 0 Å². The van der Waals surface area contributed by atoms with Crippen LogP contribution in [0.25, 0.3) is 28.4 Å². The molecule has 4 heterocycles. The van der Waals surface area contributed by atoms with E-state index >= 15 is 0 Å². The zero-order chi connectivity index (χ0) is 22.5. The van der Waals surface area contributed by atoms with Crippen LogP contribution in [0.1, 0.15) is 41.2 Å². The van der Waals surface area contributed by atoms with Gasteiger partial charge in [0.1, 0.15) is 11.3 Å². The van der Waals surface area contributed by atoms with Crippen LogP contribution in [0.2, 0.25) is 0 Å². The number of carbonyl (C=O) groups is 1. The molecule has 2 fully saturated rings. The predicted molar refractivity (Wildman–Crippen MR) is 124 cm³/mol. The van der Waals surface area contributed by atoms with Crippen LogP contribution < -0.4 is 0 Å². The third kappa shape index (κ3) is 3.60. The lowest BCUT2D eigenvalue weighted by atomic mass is 10.1. The number of fused-ring (bicyclic) bond motifs is 1. The zero-order valence-electron chi connectivity index (χ0n) is 18.8. The second-order valence-corrected chi connectivity index (χ2v) is 9.18. The molecule has 0 N–H and O–H groups in total. The number of hydrogen-bond donors (Lipinski definition) is 0. The number of amides is 1. The molecule has 6 rings (SSSR count). The standard InChI is InChI=1S/C25H26N6O2/c1-29(2)18-10-12-30(15-18)24(32)19-14-27-31(23(19)16-7-8-16)25-26-11-9-20(28-25)22-13-17-5-3-4-6-21(17)33-22/h3-6,9,11,13-14,16,18H,7-8,10,12,15H2,1-2H3/t18-/m0/s1. The van der Waals surface area contributed by atoms with Crippen molar-refractivity contribution in [2.75, 3.05) is 27.2 Å². The number of hydrogen-bond acceptors (Lipinski definition) is 6. The Kier molecular flexibility index (Phi) is 4.76. The van der Waals surface area contributed by atoms with E-state index in [0.717, 1.165) is 49.0 Å². The van der Waals surface area contributed by atoms with Crippen molar-refractivity contribution in [1.82, 2.24) is 29.5 Å². The van der Waals surface area contributed by atoms with Crippen molar-refractivity contribution in [2.45, 2.75) is 31.2 Å². The van der Waals surface area contributed by atoms with Gasteiger partial charge in [0.25, 0.3) is 11.9 Å². The van der Waals surface area contributed by atoms with Gasteiger partial charge in [0.15, 0.2) is 5.76 Å². The normalized spacial score (nSPS) is 18.5. The van der Waals surface area contributed by atoms with E-state index in [2.05, 4.69) is 29.1 Å². The molecule has 0 spiro atoms. The molecule has 168 valence electrons. The molecular weight excluding hydrogens is 416 g/mol. The van der Waals surface area contributed by atoms with Crippen LogP contribution in [0.3, 0.4) is 0 Å². The van der Waals surface area contributed by atoms with Crippen molar-refractivity contribution in [3.63, 3.8) is 0 Å². The summed E-state index contributed by atoms with van der Waals surface area (Å²) in [6.45, 7) is 1.52. The Labute approximate surface area is 191 Å². The molecule has 0 bridgehead atoms. The number of carbonyl (C=O) groups excluding carboxylic acids is 1. The van der Waals surface area contributed by atoms with Crippen molar-refractivity contribution < 1.29 is 9.21 Å². The van der Waals surface area contributed by atoms with E-state index in [4.69, 9.17) is 9.40 Å². The molecule has 1 saturated carbocycles. The molecule has 1 amide bonds. The van der Waals surface area contributed by atoms with Gasteiger partial charge in [0.2, 0.25) is 0 Å². The Morgan fingerprint density at radius 2 is 2.00 bits per heavy atom. The zero-order valence-corrected chi connectivity index (χ0v) is 18.8. The molecule has 4 aromatic rings. The fourth-order valence-electron chi connectivity index (χ4n) is 4.65. The number of rotatable bonds is 5.